The molecule has 0 saturated heterocycles. The Bertz CT molecular complexity index is 373. The second-order valence-corrected chi connectivity index (χ2v) is 3.66. The van der Waals surface area contributed by atoms with Crippen molar-refractivity contribution in [3.05, 3.63) is 29.8 Å². The fourth-order valence-electron chi connectivity index (χ4n) is 1.68. The summed E-state index contributed by atoms with van der Waals surface area (Å²) in [6.07, 6.45) is 0.715. The SMILES string of the molecule is COc1ccc(C2COC(CCN)=N2)cc1. The standard InChI is InChI=1S/C12H16N2O2/c1-15-10-4-2-9(3-5-10)11-8-16-12(14-11)6-7-13/h2-5,11H,6-8,13H2,1H3. The van der Waals surface area contributed by atoms with Crippen LogP contribution in [0.5, 0.6) is 5.75 Å². The number of aliphatic imine (C=N–C) groups is 1. The molecular formula is C12H16N2O2. The molecule has 0 spiro atoms. The molecule has 0 saturated carbocycles. The van der Waals surface area contributed by atoms with Crippen LogP contribution in [-0.4, -0.2) is 26.2 Å². The second kappa shape index (κ2) is 4.99. The van der Waals surface area contributed by atoms with Crippen molar-refractivity contribution in [2.24, 2.45) is 10.7 Å². The van der Waals surface area contributed by atoms with Crippen molar-refractivity contribution in [3.63, 3.8) is 0 Å². The van der Waals surface area contributed by atoms with Crippen LogP contribution in [0.3, 0.4) is 0 Å². The zero-order valence-electron chi connectivity index (χ0n) is 9.35. The molecular weight excluding hydrogens is 204 g/mol. The van der Waals surface area contributed by atoms with Crippen molar-refractivity contribution in [3.8, 4) is 5.75 Å². The Balaban J connectivity index is 2.07. The van der Waals surface area contributed by atoms with Crippen molar-refractivity contribution in [2.45, 2.75) is 12.5 Å². The minimum Gasteiger partial charge on any atom is -0.497 e. The van der Waals surface area contributed by atoms with Gasteiger partial charge in [0.1, 0.15) is 18.4 Å². The molecule has 16 heavy (non-hydrogen) atoms. The van der Waals surface area contributed by atoms with E-state index < -0.39 is 0 Å². The summed E-state index contributed by atoms with van der Waals surface area (Å²) < 4.78 is 10.6. The summed E-state index contributed by atoms with van der Waals surface area (Å²) >= 11 is 0. The average molecular weight is 220 g/mol. The van der Waals surface area contributed by atoms with Gasteiger partial charge in [0.2, 0.25) is 0 Å². The van der Waals surface area contributed by atoms with Gasteiger partial charge in [0.25, 0.3) is 0 Å². The summed E-state index contributed by atoms with van der Waals surface area (Å²) in [7, 11) is 1.66. The highest BCUT2D eigenvalue weighted by molar-refractivity contribution is 5.78. The fraction of sp³-hybridized carbons (Fsp3) is 0.417. The lowest BCUT2D eigenvalue weighted by Gasteiger charge is -2.06. The highest BCUT2D eigenvalue weighted by Crippen LogP contribution is 2.25. The number of rotatable bonds is 4. The van der Waals surface area contributed by atoms with E-state index in [0.29, 0.717) is 19.6 Å². The first kappa shape index (κ1) is 11.0. The van der Waals surface area contributed by atoms with E-state index in [9.17, 15) is 0 Å². The molecule has 0 aromatic heterocycles. The fourth-order valence-corrected chi connectivity index (χ4v) is 1.68. The van der Waals surface area contributed by atoms with E-state index in [-0.39, 0.29) is 6.04 Å². The van der Waals surface area contributed by atoms with Gasteiger partial charge in [0.15, 0.2) is 5.90 Å². The number of methoxy groups -OCH3 is 1. The van der Waals surface area contributed by atoms with Crippen molar-refractivity contribution < 1.29 is 9.47 Å². The third-order valence-corrected chi connectivity index (χ3v) is 2.57. The first-order valence-electron chi connectivity index (χ1n) is 5.37. The summed E-state index contributed by atoms with van der Waals surface area (Å²) in [5.41, 5.74) is 6.60. The second-order valence-electron chi connectivity index (χ2n) is 3.66. The molecule has 4 heteroatoms. The molecule has 0 aliphatic carbocycles. The van der Waals surface area contributed by atoms with Crippen LogP contribution >= 0.6 is 0 Å². The lowest BCUT2D eigenvalue weighted by atomic mass is 10.1. The molecule has 1 aromatic carbocycles. The molecule has 1 aromatic rings. The van der Waals surface area contributed by atoms with E-state index in [1.807, 2.05) is 24.3 Å². The Morgan fingerprint density at radius 3 is 2.81 bits per heavy atom. The summed E-state index contributed by atoms with van der Waals surface area (Å²) in [4.78, 5) is 4.48. The number of benzene rings is 1. The summed E-state index contributed by atoms with van der Waals surface area (Å²) in [6, 6.07) is 8.01. The normalized spacial score (nSPS) is 19.1. The maximum Gasteiger partial charge on any atom is 0.185 e. The summed E-state index contributed by atoms with van der Waals surface area (Å²) in [5, 5.41) is 0. The lowest BCUT2D eigenvalue weighted by Crippen LogP contribution is -2.07. The predicted octanol–water partition coefficient (Wildman–Crippen LogP) is 1.51. The van der Waals surface area contributed by atoms with Gasteiger partial charge in [-0.2, -0.15) is 0 Å². The van der Waals surface area contributed by atoms with Gasteiger partial charge in [-0.05, 0) is 17.7 Å². The van der Waals surface area contributed by atoms with Crippen LogP contribution < -0.4 is 10.5 Å². The highest BCUT2D eigenvalue weighted by atomic mass is 16.5. The van der Waals surface area contributed by atoms with Crippen molar-refractivity contribution in [1.29, 1.82) is 0 Å². The van der Waals surface area contributed by atoms with Crippen LogP contribution in [0.15, 0.2) is 29.3 Å². The number of nitrogens with zero attached hydrogens (tertiary/aromatic N) is 1. The van der Waals surface area contributed by atoms with E-state index in [1.165, 1.54) is 0 Å². The zero-order valence-corrected chi connectivity index (χ0v) is 9.35. The summed E-state index contributed by atoms with van der Waals surface area (Å²) in [5.74, 6) is 1.62. The predicted molar refractivity (Wildman–Crippen MR) is 62.8 cm³/mol. The Hall–Kier alpha value is -1.55. The van der Waals surface area contributed by atoms with Gasteiger partial charge in [-0.15, -0.1) is 0 Å². The molecule has 0 amide bonds. The largest absolute Gasteiger partial charge is 0.497 e. The Morgan fingerprint density at radius 2 is 2.19 bits per heavy atom. The molecule has 0 bridgehead atoms. The van der Waals surface area contributed by atoms with Gasteiger partial charge in [-0.1, -0.05) is 12.1 Å². The van der Waals surface area contributed by atoms with Gasteiger partial charge in [-0.3, -0.25) is 0 Å². The van der Waals surface area contributed by atoms with Crippen LogP contribution in [0.25, 0.3) is 0 Å². The quantitative estimate of drug-likeness (QED) is 0.836. The maximum atomic E-state index is 5.46. The Kier molecular flexibility index (Phi) is 3.41. The van der Waals surface area contributed by atoms with Crippen molar-refractivity contribution in [1.82, 2.24) is 0 Å². The summed E-state index contributed by atoms with van der Waals surface area (Å²) in [6.45, 7) is 1.19. The number of ether oxygens (including phenoxy) is 2. The van der Waals surface area contributed by atoms with E-state index in [1.54, 1.807) is 7.11 Å². The molecule has 1 unspecified atom stereocenters. The van der Waals surface area contributed by atoms with E-state index in [4.69, 9.17) is 15.2 Å². The lowest BCUT2D eigenvalue weighted by molar-refractivity contribution is 0.312. The molecule has 1 atom stereocenters. The van der Waals surface area contributed by atoms with Crippen LogP contribution in [0.1, 0.15) is 18.0 Å². The number of hydrogen-bond acceptors (Lipinski definition) is 4. The van der Waals surface area contributed by atoms with Crippen molar-refractivity contribution >= 4 is 5.90 Å². The van der Waals surface area contributed by atoms with Gasteiger partial charge < -0.3 is 15.2 Å². The number of hydrogen-bond donors (Lipinski definition) is 1. The van der Waals surface area contributed by atoms with Crippen molar-refractivity contribution in [2.75, 3.05) is 20.3 Å². The third kappa shape index (κ3) is 2.33. The molecule has 0 radical (unpaired) electrons. The van der Waals surface area contributed by atoms with Gasteiger partial charge in [0.05, 0.1) is 7.11 Å². The topological polar surface area (TPSA) is 56.8 Å². The van der Waals surface area contributed by atoms with Crippen LogP contribution in [-0.2, 0) is 4.74 Å². The van der Waals surface area contributed by atoms with Crippen LogP contribution in [0.4, 0.5) is 0 Å². The monoisotopic (exact) mass is 220 g/mol. The molecule has 86 valence electrons. The molecule has 2 N–H and O–H groups in total. The van der Waals surface area contributed by atoms with Gasteiger partial charge >= 0.3 is 0 Å². The zero-order chi connectivity index (χ0) is 11.4. The molecule has 1 aliphatic rings. The first-order chi connectivity index (χ1) is 7.83. The maximum absolute atomic E-state index is 5.46. The third-order valence-electron chi connectivity index (χ3n) is 2.57. The molecule has 0 fully saturated rings. The van der Waals surface area contributed by atoms with E-state index in [2.05, 4.69) is 4.99 Å². The van der Waals surface area contributed by atoms with E-state index in [0.717, 1.165) is 17.2 Å². The average Bonchev–Trinajstić information content (AvgIpc) is 2.78. The molecule has 1 aliphatic heterocycles. The first-order valence-corrected chi connectivity index (χ1v) is 5.37. The van der Waals surface area contributed by atoms with Gasteiger partial charge in [0, 0.05) is 13.0 Å². The smallest absolute Gasteiger partial charge is 0.185 e. The van der Waals surface area contributed by atoms with Crippen LogP contribution in [0.2, 0.25) is 0 Å². The highest BCUT2D eigenvalue weighted by Gasteiger charge is 2.19. The van der Waals surface area contributed by atoms with Gasteiger partial charge in [-0.25, -0.2) is 4.99 Å². The molecule has 4 nitrogen and oxygen atoms in total. The number of nitrogens with two attached hydrogens (primary N) is 1. The Labute approximate surface area is 95.1 Å². The minimum absolute atomic E-state index is 0.104. The molecule has 2 rings (SSSR count). The van der Waals surface area contributed by atoms with E-state index >= 15 is 0 Å². The molecule has 1 heterocycles. The Morgan fingerprint density at radius 1 is 1.44 bits per heavy atom. The van der Waals surface area contributed by atoms with Crippen LogP contribution in [0, 0.1) is 0 Å². The minimum atomic E-state index is 0.104.